The van der Waals surface area contributed by atoms with E-state index in [0.717, 1.165) is 28.9 Å². The Labute approximate surface area is 324 Å². The minimum absolute atomic E-state index is 0.0312. The number of non-ortho nitro benzene ring substituents is 1. The number of carbonyl (C=O) groups excluding carboxylic acids is 2. The second kappa shape index (κ2) is 16.2. The number of nitrogens with zero attached hydrogens (tertiary/aromatic N) is 4. The van der Waals surface area contributed by atoms with Gasteiger partial charge >= 0.3 is 0 Å². The number of hydrogen-bond acceptors (Lipinski definition) is 10. The number of nitro benzene ring substituents is 1. The molecule has 1 N–H and O–H groups in total. The maximum Gasteiger partial charge on any atom is 0.270 e. The van der Waals surface area contributed by atoms with Gasteiger partial charge in [-0.05, 0) is 71.1 Å². The molecule has 2 amide bonds. The van der Waals surface area contributed by atoms with Crippen molar-refractivity contribution >= 4 is 40.8 Å². The van der Waals surface area contributed by atoms with Crippen molar-refractivity contribution < 1.29 is 33.5 Å². The normalized spacial score (nSPS) is 14.3. The van der Waals surface area contributed by atoms with Crippen LogP contribution in [0.5, 0.6) is 23.0 Å². The molecule has 2 aliphatic rings. The Morgan fingerprint density at radius 3 is 2.16 bits per heavy atom. The molecule has 2 aliphatic heterocycles. The van der Waals surface area contributed by atoms with Gasteiger partial charge in [0.05, 0.1) is 36.4 Å². The monoisotopic (exact) mass is 755 g/mol. The van der Waals surface area contributed by atoms with Crippen LogP contribution in [-0.4, -0.2) is 63.9 Å². The number of nitro groups is 1. The molecule has 0 bridgehead atoms. The van der Waals surface area contributed by atoms with E-state index in [1.54, 1.807) is 66.5 Å². The molecule has 1 atom stereocenters. The van der Waals surface area contributed by atoms with E-state index in [4.69, 9.17) is 18.9 Å². The second-order valence-electron chi connectivity index (χ2n) is 13.3. The van der Waals surface area contributed by atoms with E-state index in [1.807, 2.05) is 48.5 Å². The fourth-order valence-electron chi connectivity index (χ4n) is 7.27. The lowest BCUT2D eigenvalue weighted by molar-refractivity contribution is -0.385. The summed E-state index contributed by atoms with van der Waals surface area (Å²) in [5.74, 6) is 1.01. The first-order valence-electron chi connectivity index (χ1n) is 18.1. The molecule has 0 saturated heterocycles. The third-order valence-corrected chi connectivity index (χ3v) is 9.94. The van der Waals surface area contributed by atoms with Gasteiger partial charge in [-0.2, -0.15) is 0 Å². The van der Waals surface area contributed by atoms with Crippen LogP contribution in [0, 0.1) is 10.1 Å². The molecule has 1 unspecified atom stereocenters. The van der Waals surface area contributed by atoms with Crippen LogP contribution in [0.2, 0.25) is 0 Å². The molecule has 5 aromatic carbocycles. The quantitative estimate of drug-likeness (QED) is 0.0744. The molecule has 13 heteroatoms. The first kappa shape index (κ1) is 37.4. The van der Waals surface area contributed by atoms with Gasteiger partial charge in [0.1, 0.15) is 13.2 Å². The van der Waals surface area contributed by atoms with Crippen LogP contribution < -0.4 is 34.1 Å². The topological polar surface area (TPSA) is 145 Å². The fourth-order valence-corrected chi connectivity index (χ4v) is 7.27. The molecule has 56 heavy (non-hydrogen) atoms. The van der Waals surface area contributed by atoms with Crippen LogP contribution in [0.25, 0.3) is 0 Å². The summed E-state index contributed by atoms with van der Waals surface area (Å²) < 4.78 is 23.5. The van der Waals surface area contributed by atoms with Crippen molar-refractivity contribution in [2.24, 2.45) is 4.99 Å². The highest BCUT2D eigenvalue weighted by Gasteiger charge is 2.34. The van der Waals surface area contributed by atoms with Crippen LogP contribution in [-0.2, 0) is 26.1 Å². The van der Waals surface area contributed by atoms with Crippen LogP contribution in [0.3, 0.4) is 0 Å². The average Bonchev–Trinajstić information content (AvgIpc) is 3.83. The third kappa shape index (κ3) is 7.43. The van der Waals surface area contributed by atoms with E-state index in [0.29, 0.717) is 63.9 Å². The number of hydrogen-bond donors (Lipinski definition) is 1. The van der Waals surface area contributed by atoms with E-state index in [-0.39, 0.29) is 36.8 Å². The summed E-state index contributed by atoms with van der Waals surface area (Å²) in [5, 5.41) is 15.1. The van der Waals surface area contributed by atoms with Crippen LogP contribution in [0.4, 0.5) is 22.7 Å². The van der Waals surface area contributed by atoms with E-state index >= 15 is 0 Å². The van der Waals surface area contributed by atoms with Crippen molar-refractivity contribution in [1.29, 1.82) is 0 Å². The van der Waals surface area contributed by atoms with E-state index in [1.165, 1.54) is 26.4 Å². The van der Waals surface area contributed by atoms with Gasteiger partial charge in [-0.3, -0.25) is 29.6 Å². The molecule has 0 spiro atoms. The summed E-state index contributed by atoms with van der Waals surface area (Å²) in [4.78, 5) is 46.8. The number of fused-ring (bicyclic) bond motifs is 2. The van der Waals surface area contributed by atoms with Crippen LogP contribution in [0.15, 0.2) is 102 Å². The summed E-state index contributed by atoms with van der Waals surface area (Å²) in [6, 6.07) is 28.3. The maximum absolute atomic E-state index is 13.8. The van der Waals surface area contributed by atoms with Gasteiger partial charge in [0, 0.05) is 68.4 Å². The molecular weight excluding hydrogens is 715 g/mol. The summed E-state index contributed by atoms with van der Waals surface area (Å²) in [6.45, 7) is 0.503. The molecule has 286 valence electrons. The lowest BCUT2D eigenvalue weighted by atomic mass is 10.1. The van der Waals surface area contributed by atoms with Gasteiger partial charge in [0.25, 0.3) is 17.5 Å². The summed E-state index contributed by atoms with van der Waals surface area (Å²) in [5.41, 5.74) is 6.18. The minimum Gasteiger partial charge on any atom is -0.493 e. The van der Waals surface area contributed by atoms with Crippen molar-refractivity contribution in [2.75, 3.05) is 50.0 Å². The highest BCUT2D eigenvalue weighted by molar-refractivity contribution is 6.11. The number of rotatable bonds is 13. The largest absolute Gasteiger partial charge is 0.493 e. The second-order valence-corrected chi connectivity index (χ2v) is 13.3. The highest BCUT2D eigenvalue weighted by atomic mass is 16.6. The Morgan fingerprint density at radius 2 is 1.48 bits per heavy atom. The summed E-state index contributed by atoms with van der Waals surface area (Å²) in [7, 11) is 6.38. The van der Waals surface area contributed by atoms with Crippen molar-refractivity contribution in [2.45, 2.75) is 32.1 Å². The lowest BCUT2D eigenvalue weighted by Crippen LogP contribution is -2.38. The van der Waals surface area contributed by atoms with E-state index < -0.39 is 4.92 Å². The highest BCUT2D eigenvalue weighted by Crippen LogP contribution is 2.38. The number of para-hydroxylation sites is 2. The van der Waals surface area contributed by atoms with Gasteiger partial charge in [0.15, 0.2) is 23.0 Å². The predicted octanol–water partition coefficient (Wildman–Crippen LogP) is 7.29. The number of carbonyl (C=O) groups is 2. The average molecular weight is 756 g/mol. The molecule has 0 radical (unpaired) electrons. The van der Waals surface area contributed by atoms with Crippen LogP contribution >= 0.6 is 0 Å². The number of ether oxygens (including phenoxy) is 4. The predicted molar refractivity (Wildman–Crippen MR) is 214 cm³/mol. The van der Waals surface area contributed by atoms with Gasteiger partial charge in [-0.1, -0.05) is 36.4 Å². The molecule has 5 aromatic rings. The molecule has 0 aliphatic carbocycles. The Balaban J connectivity index is 1.07. The molecule has 2 heterocycles. The van der Waals surface area contributed by atoms with E-state index in [2.05, 4.69) is 10.3 Å². The zero-order valence-corrected chi connectivity index (χ0v) is 31.5. The smallest absolute Gasteiger partial charge is 0.270 e. The number of nitrogens with one attached hydrogen (secondary N) is 1. The van der Waals surface area contributed by atoms with Crippen molar-refractivity contribution in [3.05, 3.63) is 141 Å². The standard InChI is InChI=1S/C43H41N5O8/c1-44-24-33-20-30-10-6-8-12-37(30)47(33)42(49)31-13-14-38(39(21-31)53-3)55-25-27-17-28(19-32(18-27)48(51)52)26-56-41-23-35(45-2)34(22-40(41)54-4)43(50)46-16-15-29-9-5-7-11-36(29)46/h5-14,17-19,21-24,33,45H,15-16,20,25-26H2,1-4H3/b44-24-. The number of benzene rings is 5. The SMILES string of the molecule is C/N=C\C1Cc2ccccc2N1C(=O)c1ccc(OCc2cc(COc3cc(NC)c(C(=O)N4CCc5ccccc54)cc3OC)cc([N+](=O)[O-])c2)c(OC)c1. The van der Waals surface area contributed by atoms with Gasteiger partial charge in [-0.15, -0.1) is 0 Å². The van der Waals surface area contributed by atoms with Gasteiger partial charge in [0.2, 0.25) is 0 Å². The Bertz CT molecular complexity index is 2340. The molecule has 0 fully saturated rings. The molecule has 7 rings (SSSR count). The number of anilines is 3. The zero-order valence-electron chi connectivity index (χ0n) is 31.5. The Hall–Kier alpha value is -6.89. The molecule has 0 saturated carbocycles. The molecule has 13 nitrogen and oxygen atoms in total. The van der Waals surface area contributed by atoms with Gasteiger partial charge in [-0.25, -0.2) is 0 Å². The first-order chi connectivity index (χ1) is 27.2. The lowest BCUT2D eigenvalue weighted by Gasteiger charge is -2.23. The van der Waals surface area contributed by atoms with Crippen molar-refractivity contribution in [3.8, 4) is 23.0 Å². The van der Waals surface area contributed by atoms with Crippen molar-refractivity contribution in [3.63, 3.8) is 0 Å². The zero-order chi connectivity index (χ0) is 39.3. The Morgan fingerprint density at radius 1 is 0.821 bits per heavy atom. The number of methoxy groups -OCH3 is 2. The Kier molecular flexibility index (Phi) is 10.8. The van der Waals surface area contributed by atoms with Crippen LogP contribution in [0.1, 0.15) is 43.0 Å². The fraction of sp³-hybridized carbons (Fsp3) is 0.233. The number of amides is 2. The summed E-state index contributed by atoms with van der Waals surface area (Å²) in [6.07, 6.45) is 3.21. The van der Waals surface area contributed by atoms with Gasteiger partial charge < -0.3 is 29.2 Å². The van der Waals surface area contributed by atoms with E-state index in [9.17, 15) is 19.7 Å². The maximum atomic E-state index is 13.8. The third-order valence-electron chi connectivity index (χ3n) is 9.94. The minimum atomic E-state index is -0.475. The molecular formula is C43H41N5O8. The molecule has 0 aromatic heterocycles. The summed E-state index contributed by atoms with van der Waals surface area (Å²) >= 11 is 0. The number of aliphatic imine (C=N–C) groups is 1. The van der Waals surface area contributed by atoms with Crippen molar-refractivity contribution in [1.82, 2.24) is 0 Å². The first-order valence-corrected chi connectivity index (χ1v) is 18.1.